The van der Waals surface area contributed by atoms with Crippen LogP contribution in [0.25, 0.3) is 0 Å². The fourth-order valence-corrected chi connectivity index (χ4v) is 1.70. The minimum absolute atomic E-state index is 0.0322. The molecule has 90 valence electrons. The molecular weight excluding hydrogens is 221 g/mol. The molecule has 0 radical (unpaired) electrons. The summed E-state index contributed by atoms with van der Waals surface area (Å²) in [7, 11) is 0. The Hall–Kier alpha value is -1.25. The Kier molecular flexibility index (Phi) is 4.16. The van der Waals surface area contributed by atoms with Crippen LogP contribution in [0.15, 0.2) is 0 Å². The monoisotopic (exact) mass is 234 g/mol. The van der Waals surface area contributed by atoms with E-state index in [1.807, 2.05) is 6.07 Å². The van der Waals surface area contributed by atoms with Crippen molar-refractivity contribution in [3.63, 3.8) is 0 Å². The lowest BCUT2D eigenvalue weighted by atomic mass is 10.1. The molecule has 0 aliphatic carbocycles. The first-order valence-electron chi connectivity index (χ1n) is 5.16. The van der Waals surface area contributed by atoms with Gasteiger partial charge in [-0.15, -0.1) is 0 Å². The maximum Gasteiger partial charge on any atom is 0.389 e. The van der Waals surface area contributed by atoms with E-state index in [0.717, 1.165) is 0 Å². The highest BCUT2D eigenvalue weighted by Crippen LogP contribution is 2.23. The second-order valence-corrected chi connectivity index (χ2v) is 3.94. The van der Waals surface area contributed by atoms with Gasteiger partial charge in [0.25, 0.3) is 0 Å². The van der Waals surface area contributed by atoms with Gasteiger partial charge in [0, 0.05) is 25.9 Å². The van der Waals surface area contributed by atoms with Gasteiger partial charge in [-0.05, 0) is 12.8 Å². The van der Waals surface area contributed by atoms with Crippen molar-refractivity contribution in [2.24, 2.45) is 5.92 Å². The van der Waals surface area contributed by atoms with E-state index in [-0.39, 0.29) is 24.7 Å². The van der Waals surface area contributed by atoms with Crippen LogP contribution < -0.4 is 0 Å². The van der Waals surface area contributed by atoms with Crippen molar-refractivity contribution in [2.75, 3.05) is 13.1 Å². The highest BCUT2D eigenvalue weighted by molar-refractivity contribution is 5.79. The molecular formula is C10H13F3N2O. The molecule has 0 aromatic heterocycles. The average molecular weight is 234 g/mol. The Labute approximate surface area is 91.8 Å². The molecule has 6 heteroatoms. The molecule has 0 aromatic carbocycles. The van der Waals surface area contributed by atoms with Crippen LogP contribution in [0.5, 0.6) is 0 Å². The van der Waals surface area contributed by atoms with E-state index in [2.05, 4.69) is 0 Å². The van der Waals surface area contributed by atoms with Crippen LogP contribution in [0.3, 0.4) is 0 Å². The molecule has 0 N–H and O–H groups in total. The zero-order chi connectivity index (χ0) is 12.2. The van der Waals surface area contributed by atoms with Gasteiger partial charge in [-0.3, -0.25) is 4.79 Å². The third kappa shape index (κ3) is 4.09. The summed E-state index contributed by atoms with van der Waals surface area (Å²) in [5, 5.41) is 8.60. The number of rotatable bonds is 4. The summed E-state index contributed by atoms with van der Waals surface area (Å²) >= 11 is 0. The molecule has 0 bridgehead atoms. The average Bonchev–Trinajstić information content (AvgIpc) is 2.53. The van der Waals surface area contributed by atoms with Crippen molar-refractivity contribution >= 4 is 5.91 Å². The highest BCUT2D eigenvalue weighted by atomic mass is 19.4. The summed E-state index contributed by atoms with van der Waals surface area (Å²) in [6, 6.07) is 2.00. The Balaban J connectivity index is 2.19. The van der Waals surface area contributed by atoms with Gasteiger partial charge in [0.05, 0.1) is 12.0 Å². The Morgan fingerprint density at radius 1 is 1.44 bits per heavy atom. The van der Waals surface area contributed by atoms with E-state index in [1.165, 1.54) is 4.90 Å². The molecule has 0 saturated carbocycles. The van der Waals surface area contributed by atoms with Crippen LogP contribution >= 0.6 is 0 Å². The number of hydrogen-bond donors (Lipinski definition) is 0. The number of alkyl halides is 3. The van der Waals surface area contributed by atoms with Crippen LogP contribution in [0.4, 0.5) is 13.2 Å². The number of hydrogen-bond acceptors (Lipinski definition) is 2. The summed E-state index contributed by atoms with van der Waals surface area (Å²) in [4.78, 5) is 12.8. The molecule has 0 spiro atoms. The van der Waals surface area contributed by atoms with Gasteiger partial charge in [-0.2, -0.15) is 18.4 Å². The molecule has 3 nitrogen and oxygen atoms in total. The van der Waals surface area contributed by atoms with E-state index in [1.54, 1.807) is 0 Å². The first kappa shape index (κ1) is 12.8. The Morgan fingerprint density at radius 2 is 2.12 bits per heavy atom. The van der Waals surface area contributed by atoms with Crippen LogP contribution in [0.1, 0.15) is 25.7 Å². The summed E-state index contributed by atoms with van der Waals surface area (Å²) in [6.45, 7) is 0.689. The van der Waals surface area contributed by atoms with Crippen molar-refractivity contribution in [3.05, 3.63) is 0 Å². The van der Waals surface area contributed by atoms with Gasteiger partial charge in [-0.25, -0.2) is 0 Å². The van der Waals surface area contributed by atoms with Crippen LogP contribution in [0, 0.1) is 17.2 Å². The Morgan fingerprint density at radius 3 is 2.62 bits per heavy atom. The van der Waals surface area contributed by atoms with Gasteiger partial charge in [0.1, 0.15) is 0 Å². The minimum atomic E-state index is -4.12. The van der Waals surface area contributed by atoms with E-state index in [9.17, 15) is 18.0 Å². The van der Waals surface area contributed by atoms with E-state index < -0.39 is 12.6 Å². The van der Waals surface area contributed by atoms with Gasteiger partial charge in [-0.1, -0.05) is 0 Å². The standard InChI is InChI=1S/C10H13F3N2O/c11-10(12,13)3-1-2-4-15-7-8(6-14)5-9(15)16/h8H,1-5,7H2. The number of carbonyl (C=O) groups is 1. The largest absolute Gasteiger partial charge is 0.389 e. The predicted molar refractivity (Wildman–Crippen MR) is 50.2 cm³/mol. The molecule has 1 fully saturated rings. The number of carbonyl (C=O) groups excluding carboxylic acids is 1. The molecule has 1 aliphatic heterocycles. The topological polar surface area (TPSA) is 44.1 Å². The summed E-state index contributed by atoms with van der Waals surface area (Å²) < 4.78 is 35.5. The normalized spacial score (nSPS) is 21.2. The van der Waals surface area contributed by atoms with Crippen molar-refractivity contribution in [3.8, 4) is 6.07 Å². The lowest BCUT2D eigenvalue weighted by Crippen LogP contribution is -2.26. The Bertz CT molecular complexity index is 295. The van der Waals surface area contributed by atoms with Gasteiger partial charge in [0.15, 0.2) is 0 Å². The first-order chi connectivity index (χ1) is 7.42. The molecule has 1 rings (SSSR count). The van der Waals surface area contributed by atoms with E-state index >= 15 is 0 Å². The van der Waals surface area contributed by atoms with Crippen LogP contribution in [0.2, 0.25) is 0 Å². The van der Waals surface area contributed by atoms with E-state index in [4.69, 9.17) is 5.26 Å². The molecule has 1 heterocycles. The molecule has 1 amide bonds. The minimum Gasteiger partial charge on any atom is -0.341 e. The molecule has 1 saturated heterocycles. The summed E-state index contributed by atoms with van der Waals surface area (Å²) in [6.07, 6.45) is -4.36. The second kappa shape index (κ2) is 5.19. The fraction of sp³-hybridized carbons (Fsp3) is 0.800. The van der Waals surface area contributed by atoms with Crippen LogP contribution in [-0.2, 0) is 4.79 Å². The van der Waals surface area contributed by atoms with Gasteiger partial charge >= 0.3 is 6.18 Å². The van der Waals surface area contributed by atoms with Crippen molar-refractivity contribution in [2.45, 2.75) is 31.9 Å². The zero-order valence-electron chi connectivity index (χ0n) is 8.76. The first-order valence-corrected chi connectivity index (χ1v) is 5.16. The number of nitrogens with zero attached hydrogens (tertiary/aromatic N) is 2. The quantitative estimate of drug-likeness (QED) is 0.699. The summed E-state index contributed by atoms with van der Waals surface area (Å²) in [5.74, 6) is -0.423. The fourth-order valence-electron chi connectivity index (χ4n) is 1.70. The number of amides is 1. The predicted octanol–water partition coefficient (Wildman–Crippen LogP) is 2.09. The SMILES string of the molecule is N#CC1CC(=O)N(CCCCC(F)(F)F)C1. The number of unbranched alkanes of at least 4 members (excludes halogenated alkanes) is 1. The smallest absolute Gasteiger partial charge is 0.341 e. The highest BCUT2D eigenvalue weighted by Gasteiger charge is 2.30. The van der Waals surface area contributed by atoms with Crippen molar-refractivity contribution in [1.29, 1.82) is 5.26 Å². The summed E-state index contributed by atoms with van der Waals surface area (Å²) in [5.41, 5.74) is 0. The van der Waals surface area contributed by atoms with Crippen molar-refractivity contribution in [1.82, 2.24) is 4.90 Å². The maximum absolute atomic E-state index is 11.8. The second-order valence-electron chi connectivity index (χ2n) is 3.94. The van der Waals surface area contributed by atoms with Crippen molar-refractivity contribution < 1.29 is 18.0 Å². The van der Waals surface area contributed by atoms with E-state index in [0.29, 0.717) is 19.5 Å². The zero-order valence-corrected chi connectivity index (χ0v) is 8.76. The van der Waals surface area contributed by atoms with Gasteiger partial charge in [0.2, 0.25) is 5.91 Å². The lowest BCUT2D eigenvalue weighted by molar-refractivity contribution is -0.136. The number of nitriles is 1. The molecule has 0 aromatic rings. The molecule has 1 aliphatic rings. The molecule has 16 heavy (non-hydrogen) atoms. The lowest BCUT2D eigenvalue weighted by Gasteiger charge is -2.15. The van der Waals surface area contributed by atoms with Gasteiger partial charge < -0.3 is 4.90 Å². The third-order valence-corrected chi connectivity index (χ3v) is 2.54. The number of likely N-dealkylation sites (tertiary alicyclic amines) is 1. The van der Waals surface area contributed by atoms with Crippen LogP contribution in [-0.4, -0.2) is 30.1 Å². The number of halogens is 3. The maximum atomic E-state index is 11.8. The molecule has 1 atom stereocenters. The third-order valence-electron chi connectivity index (χ3n) is 2.54. The molecule has 1 unspecified atom stereocenters.